The summed E-state index contributed by atoms with van der Waals surface area (Å²) >= 11 is 1.42. The standard InChI is InChI=1S/C6H5N5S/c1(5-3-4-7-12-5)2-6-8-10-11-9-6/h1-4H,(H,8,9,10,11)/b2-1+. The Balaban J connectivity index is 2.14. The van der Waals surface area contributed by atoms with Crippen LogP contribution in [0.4, 0.5) is 0 Å². The van der Waals surface area contributed by atoms with Gasteiger partial charge in [0, 0.05) is 11.1 Å². The SMILES string of the molecule is C(=C\c1ccns1)/c1nn[nH]n1. The summed E-state index contributed by atoms with van der Waals surface area (Å²) in [4.78, 5) is 1.07. The molecule has 2 heterocycles. The largest absolute Gasteiger partial charge is 0.201 e. The van der Waals surface area contributed by atoms with Gasteiger partial charge in [-0.1, -0.05) is 0 Å². The van der Waals surface area contributed by atoms with Crippen LogP contribution in [0.25, 0.3) is 12.2 Å². The molecule has 0 unspecified atom stereocenters. The van der Waals surface area contributed by atoms with E-state index in [1.165, 1.54) is 11.5 Å². The highest BCUT2D eigenvalue weighted by atomic mass is 32.1. The molecule has 0 aromatic carbocycles. The second kappa shape index (κ2) is 3.22. The van der Waals surface area contributed by atoms with Crippen molar-refractivity contribution in [1.82, 2.24) is 25.0 Å². The first-order chi connectivity index (χ1) is 5.95. The number of H-pyrrole nitrogens is 1. The van der Waals surface area contributed by atoms with Crippen LogP contribution in [0.1, 0.15) is 10.7 Å². The summed E-state index contributed by atoms with van der Waals surface area (Å²) in [5, 5.41) is 13.3. The molecule has 0 aliphatic carbocycles. The monoisotopic (exact) mass is 179 g/mol. The van der Waals surface area contributed by atoms with E-state index in [0.717, 1.165) is 4.88 Å². The predicted octanol–water partition coefficient (Wildman–Crippen LogP) is 0.827. The first kappa shape index (κ1) is 7.11. The first-order valence-electron chi connectivity index (χ1n) is 3.27. The third-order valence-electron chi connectivity index (χ3n) is 1.22. The van der Waals surface area contributed by atoms with Gasteiger partial charge in [0.05, 0.1) is 0 Å². The van der Waals surface area contributed by atoms with E-state index in [0.29, 0.717) is 5.82 Å². The summed E-state index contributed by atoms with van der Waals surface area (Å²) in [6.07, 6.45) is 5.42. The Bertz CT molecular complexity index is 313. The summed E-state index contributed by atoms with van der Waals surface area (Å²) < 4.78 is 3.95. The molecule has 0 aliphatic heterocycles. The number of aromatic nitrogens is 5. The van der Waals surface area contributed by atoms with Crippen molar-refractivity contribution in [2.75, 3.05) is 0 Å². The van der Waals surface area contributed by atoms with E-state index in [1.807, 2.05) is 12.1 Å². The van der Waals surface area contributed by atoms with E-state index >= 15 is 0 Å². The fourth-order valence-electron chi connectivity index (χ4n) is 0.708. The van der Waals surface area contributed by atoms with E-state index in [-0.39, 0.29) is 0 Å². The van der Waals surface area contributed by atoms with Crippen molar-refractivity contribution < 1.29 is 0 Å². The maximum Gasteiger partial charge on any atom is 0.197 e. The van der Waals surface area contributed by atoms with E-state index in [2.05, 4.69) is 25.0 Å². The fraction of sp³-hybridized carbons (Fsp3) is 0. The van der Waals surface area contributed by atoms with Gasteiger partial charge < -0.3 is 0 Å². The molecular formula is C6H5N5S. The van der Waals surface area contributed by atoms with Crippen molar-refractivity contribution in [2.24, 2.45) is 0 Å². The molecule has 0 aliphatic rings. The molecule has 0 saturated heterocycles. The van der Waals surface area contributed by atoms with Gasteiger partial charge in [0.2, 0.25) is 0 Å². The lowest BCUT2D eigenvalue weighted by Gasteiger charge is -1.77. The predicted molar refractivity (Wildman–Crippen MR) is 45.2 cm³/mol. The normalized spacial score (nSPS) is 11.0. The van der Waals surface area contributed by atoms with Crippen molar-refractivity contribution in [3.63, 3.8) is 0 Å². The van der Waals surface area contributed by atoms with Gasteiger partial charge in [0.15, 0.2) is 5.82 Å². The minimum Gasteiger partial charge on any atom is -0.201 e. The summed E-state index contributed by atoms with van der Waals surface area (Å²) in [5.74, 6) is 0.573. The Kier molecular flexibility index (Phi) is 1.91. The zero-order chi connectivity index (χ0) is 8.23. The van der Waals surface area contributed by atoms with Gasteiger partial charge in [-0.3, -0.25) is 0 Å². The third kappa shape index (κ3) is 1.54. The van der Waals surface area contributed by atoms with Crippen LogP contribution < -0.4 is 0 Å². The number of hydrogen-bond acceptors (Lipinski definition) is 5. The number of hydrogen-bond donors (Lipinski definition) is 1. The van der Waals surface area contributed by atoms with Gasteiger partial charge in [0.25, 0.3) is 0 Å². The Morgan fingerprint density at radius 3 is 3.08 bits per heavy atom. The zero-order valence-electron chi connectivity index (χ0n) is 6.01. The molecule has 60 valence electrons. The van der Waals surface area contributed by atoms with Crippen LogP contribution in [-0.4, -0.2) is 25.0 Å². The van der Waals surface area contributed by atoms with Crippen molar-refractivity contribution in [3.05, 3.63) is 23.0 Å². The molecule has 2 rings (SSSR count). The summed E-state index contributed by atoms with van der Waals surface area (Å²) in [6, 6.07) is 1.92. The highest BCUT2D eigenvalue weighted by Crippen LogP contribution is 2.07. The molecule has 0 amide bonds. The van der Waals surface area contributed by atoms with Crippen LogP contribution in [0.2, 0.25) is 0 Å². The molecule has 0 bridgehead atoms. The van der Waals surface area contributed by atoms with Crippen LogP contribution >= 0.6 is 11.5 Å². The number of aromatic amines is 1. The molecule has 0 spiro atoms. The van der Waals surface area contributed by atoms with E-state index in [4.69, 9.17) is 0 Å². The van der Waals surface area contributed by atoms with Crippen molar-refractivity contribution >= 4 is 23.7 Å². The number of rotatable bonds is 2. The Morgan fingerprint density at radius 1 is 1.42 bits per heavy atom. The van der Waals surface area contributed by atoms with Gasteiger partial charge in [-0.25, -0.2) is 4.37 Å². The molecule has 2 aromatic heterocycles. The minimum atomic E-state index is 0.573. The van der Waals surface area contributed by atoms with Gasteiger partial charge in [-0.15, -0.1) is 10.2 Å². The molecule has 2 aromatic rings. The van der Waals surface area contributed by atoms with Crippen molar-refractivity contribution in [3.8, 4) is 0 Å². The van der Waals surface area contributed by atoms with Crippen LogP contribution in [0.3, 0.4) is 0 Å². The third-order valence-corrected chi connectivity index (χ3v) is 1.93. The summed E-state index contributed by atoms with van der Waals surface area (Å²) in [5.41, 5.74) is 0. The second-order valence-corrected chi connectivity index (χ2v) is 2.88. The molecular weight excluding hydrogens is 174 g/mol. The smallest absolute Gasteiger partial charge is 0.197 e. The molecule has 0 saturated carbocycles. The topological polar surface area (TPSA) is 67.3 Å². The molecule has 0 radical (unpaired) electrons. The number of nitrogens with one attached hydrogen (secondary N) is 1. The lowest BCUT2D eigenvalue weighted by atomic mass is 10.4. The fourth-order valence-corrected chi connectivity index (χ4v) is 1.20. The van der Waals surface area contributed by atoms with Crippen LogP contribution in [-0.2, 0) is 0 Å². The quantitative estimate of drug-likeness (QED) is 0.741. The Morgan fingerprint density at radius 2 is 2.42 bits per heavy atom. The number of tetrazole rings is 1. The van der Waals surface area contributed by atoms with E-state index < -0.39 is 0 Å². The molecule has 0 atom stereocenters. The molecule has 6 heteroatoms. The van der Waals surface area contributed by atoms with Crippen LogP contribution in [0.5, 0.6) is 0 Å². The van der Waals surface area contributed by atoms with Gasteiger partial charge >= 0.3 is 0 Å². The average Bonchev–Trinajstić information content (AvgIpc) is 2.74. The lowest BCUT2D eigenvalue weighted by Crippen LogP contribution is -1.72. The highest BCUT2D eigenvalue weighted by molar-refractivity contribution is 7.06. The van der Waals surface area contributed by atoms with Gasteiger partial charge in [-0.2, -0.15) is 5.21 Å². The average molecular weight is 179 g/mol. The summed E-state index contributed by atoms with van der Waals surface area (Å²) in [6.45, 7) is 0. The lowest BCUT2D eigenvalue weighted by molar-refractivity contribution is 0.881. The van der Waals surface area contributed by atoms with Crippen LogP contribution in [0, 0.1) is 0 Å². The van der Waals surface area contributed by atoms with Gasteiger partial charge in [-0.05, 0) is 35.0 Å². The summed E-state index contributed by atoms with van der Waals surface area (Å²) in [7, 11) is 0. The molecule has 5 nitrogen and oxygen atoms in total. The minimum absolute atomic E-state index is 0.573. The maximum atomic E-state index is 3.95. The Labute approximate surface area is 72.3 Å². The Hall–Kier alpha value is -1.56. The maximum absolute atomic E-state index is 3.95. The van der Waals surface area contributed by atoms with E-state index in [1.54, 1.807) is 12.3 Å². The molecule has 1 N–H and O–H groups in total. The second-order valence-electron chi connectivity index (χ2n) is 2.02. The van der Waals surface area contributed by atoms with Crippen molar-refractivity contribution in [2.45, 2.75) is 0 Å². The molecule has 12 heavy (non-hydrogen) atoms. The number of nitrogens with zero attached hydrogens (tertiary/aromatic N) is 4. The van der Waals surface area contributed by atoms with Crippen molar-refractivity contribution in [1.29, 1.82) is 0 Å². The van der Waals surface area contributed by atoms with Crippen LogP contribution in [0.15, 0.2) is 12.3 Å². The highest BCUT2D eigenvalue weighted by Gasteiger charge is 1.91. The first-order valence-corrected chi connectivity index (χ1v) is 4.05. The molecule has 0 fully saturated rings. The van der Waals surface area contributed by atoms with Gasteiger partial charge in [0.1, 0.15) is 0 Å². The zero-order valence-corrected chi connectivity index (χ0v) is 6.82. The van der Waals surface area contributed by atoms with E-state index in [9.17, 15) is 0 Å².